The van der Waals surface area contributed by atoms with Crippen LogP contribution in [0.25, 0.3) is 11.1 Å². The molecule has 2 heterocycles. The Morgan fingerprint density at radius 2 is 1.81 bits per heavy atom. The van der Waals surface area contributed by atoms with Gasteiger partial charge in [-0.2, -0.15) is 0 Å². The SMILES string of the molecule is COc1cc2c(cc1OC)CN(C(=O)Cn1c(=O)oc3ccccc31)CC2. The summed E-state index contributed by atoms with van der Waals surface area (Å²) in [6, 6.07) is 11.0. The molecule has 1 amide bonds. The number of carbonyl (C=O) groups excluding carboxylic acids is 1. The van der Waals surface area contributed by atoms with E-state index >= 15 is 0 Å². The third kappa shape index (κ3) is 3.05. The number of para-hydroxylation sites is 2. The number of methoxy groups -OCH3 is 2. The monoisotopic (exact) mass is 368 g/mol. The number of rotatable bonds is 4. The van der Waals surface area contributed by atoms with E-state index in [9.17, 15) is 9.59 Å². The maximum atomic E-state index is 12.8. The molecule has 1 aliphatic rings. The van der Waals surface area contributed by atoms with Gasteiger partial charge in [-0.05, 0) is 41.8 Å². The highest BCUT2D eigenvalue weighted by Crippen LogP contribution is 2.33. The number of nitrogens with zero attached hydrogens (tertiary/aromatic N) is 2. The van der Waals surface area contributed by atoms with Crippen LogP contribution >= 0.6 is 0 Å². The quantitative estimate of drug-likeness (QED) is 0.706. The second kappa shape index (κ2) is 6.83. The predicted molar refractivity (Wildman–Crippen MR) is 99.1 cm³/mol. The Bertz CT molecular complexity index is 1070. The zero-order valence-electron chi connectivity index (χ0n) is 15.2. The summed E-state index contributed by atoms with van der Waals surface area (Å²) in [7, 11) is 3.20. The smallest absolute Gasteiger partial charge is 0.420 e. The Labute approximate surface area is 155 Å². The summed E-state index contributed by atoms with van der Waals surface area (Å²) in [5.74, 6) is 0.687. The molecule has 0 unspecified atom stereocenters. The van der Waals surface area contributed by atoms with Crippen LogP contribution in [0.4, 0.5) is 0 Å². The van der Waals surface area contributed by atoms with E-state index in [1.807, 2.05) is 18.2 Å². The van der Waals surface area contributed by atoms with Gasteiger partial charge in [-0.1, -0.05) is 12.1 Å². The molecule has 1 aromatic heterocycles. The Hall–Kier alpha value is -3.22. The summed E-state index contributed by atoms with van der Waals surface area (Å²) in [6.45, 7) is 1.02. The number of aromatic nitrogens is 1. The third-order valence-corrected chi connectivity index (χ3v) is 4.94. The first-order valence-electron chi connectivity index (χ1n) is 8.70. The van der Waals surface area contributed by atoms with E-state index < -0.39 is 5.76 Å². The van der Waals surface area contributed by atoms with Crippen molar-refractivity contribution in [1.29, 1.82) is 0 Å². The van der Waals surface area contributed by atoms with Gasteiger partial charge in [0.05, 0.1) is 19.7 Å². The van der Waals surface area contributed by atoms with Crippen LogP contribution in [0.5, 0.6) is 11.5 Å². The maximum absolute atomic E-state index is 12.8. The molecule has 0 radical (unpaired) electrons. The van der Waals surface area contributed by atoms with Crippen LogP contribution in [-0.4, -0.2) is 36.1 Å². The molecule has 0 saturated heterocycles. The average Bonchev–Trinajstić information content (AvgIpc) is 3.01. The number of fused-ring (bicyclic) bond motifs is 2. The number of hydrogen-bond acceptors (Lipinski definition) is 5. The van der Waals surface area contributed by atoms with Gasteiger partial charge in [-0.15, -0.1) is 0 Å². The summed E-state index contributed by atoms with van der Waals surface area (Å²) in [4.78, 5) is 26.7. The van der Waals surface area contributed by atoms with Crippen molar-refractivity contribution in [3.05, 3.63) is 58.1 Å². The van der Waals surface area contributed by atoms with E-state index in [1.54, 1.807) is 37.3 Å². The Kier molecular flexibility index (Phi) is 4.35. The van der Waals surface area contributed by atoms with Gasteiger partial charge >= 0.3 is 5.76 Å². The second-order valence-electron chi connectivity index (χ2n) is 6.46. The molecular weight excluding hydrogens is 348 g/mol. The molecule has 0 spiro atoms. The molecule has 3 aromatic rings. The Morgan fingerprint density at radius 1 is 1.11 bits per heavy atom. The molecule has 7 heteroatoms. The zero-order valence-corrected chi connectivity index (χ0v) is 15.2. The topological polar surface area (TPSA) is 73.9 Å². The van der Waals surface area contributed by atoms with Crippen molar-refractivity contribution >= 4 is 17.0 Å². The van der Waals surface area contributed by atoms with Crippen LogP contribution in [-0.2, 0) is 24.3 Å². The normalized spacial score (nSPS) is 13.5. The maximum Gasteiger partial charge on any atom is 0.420 e. The summed E-state index contributed by atoms with van der Waals surface area (Å²) in [5, 5.41) is 0. The average molecular weight is 368 g/mol. The molecule has 27 heavy (non-hydrogen) atoms. The number of benzene rings is 2. The highest BCUT2D eigenvalue weighted by atomic mass is 16.5. The van der Waals surface area contributed by atoms with Crippen LogP contribution in [0.2, 0.25) is 0 Å². The van der Waals surface area contributed by atoms with Crippen molar-refractivity contribution in [1.82, 2.24) is 9.47 Å². The number of ether oxygens (including phenoxy) is 2. The van der Waals surface area contributed by atoms with Crippen molar-refractivity contribution in [3.63, 3.8) is 0 Å². The zero-order chi connectivity index (χ0) is 19.0. The summed E-state index contributed by atoms with van der Waals surface area (Å²) < 4.78 is 17.3. The Balaban J connectivity index is 1.57. The molecular formula is C20H20N2O5. The first-order valence-corrected chi connectivity index (χ1v) is 8.70. The van der Waals surface area contributed by atoms with Crippen molar-refractivity contribution in [2.75, 3.05) is 20.8 Å². The first-order chi connectivity index (χ1) is 13.1. The van der Waals surface area contributed by atoms with Gasteiger partial charge in [0, 0.05) is 13.1 Å². The van der Waals surface area contributed by atoms with Gasteiger partial charge in [0.25, 0.3) is 0 Å². The second-order valence-corrected chi connectivity index (χ2v) is 6.46. The van der Waals surface area contributed by atoms with Crippen LogP contribution < -0.4 is 15.2 Å². The highest BCUT2D eigenvalue weighted by molar-refractivity contribution is 5.80. The molecule has 1 aliphatic heterocycles. The minimum atomic E-state index is -0.520. The van der Waals surface area contributed by atoms with E-state index in [-0.39, 0.29) is 12.5 Å². The van der Waals surface area contributed by atoms with Crippen molar-refractivity contribution < 1.29 is 18.7 Å². The summed E-state index contributed by atoms with van der Waals surface area (Å²) >= 11 is 0. The van der Waals surface area contributed by atoms with Crippen molar-refractivity contribution in [3.8, 4) is 11.5 Å². The lowest BCUT2D eigenvalue weighted by molar-refractivity contribution is -0.132. The molecule has 0 bridgehead atoms. The summed E-state index contributed by atoms with van der Waals surface area (Å²) in [6.07, 6.45) is 0.725. The minimum Gasteiger partial charge on any atom is -0.493 e. The van der Waals surface area contributed by atoms with Crippen LogP contribution in [0.1, 0.15) is 11.1 Å². The number of hydrogen-bond donors (Lipinski definition) is 0. The van der Waals surface area contributed by atoms with Crippen LogP contribution in [0.3, 0.4) is 0 Å². The van der Waals surface area contributed by atoms with E-state index in [1.165, 1.54) is 4.57 Å². The van der Waals surface area contributed by atoms with Gasteiger partial charge in [-0.25, -0.2) is 4.79 Å². The van der Waals surface area contributed by atoms with E-state index in [0.717, 1.165) is 17.5 Å². The molecule has 2 aromatic carbocycles. The van der Waals surface area contributed by atoms with Gasteiger partial charge in [0.2, 0.25) is 5.91 Å². The molecule has 140 valence electrons. The summed E-state index contributed by atoms with van der Waals surface area (Å²) in [5.41, 5.74) is 3.27. The fourth-order valence-corrected chi connectivity index (χ4v) is 3.50. The van der Waals surface area contributed by atoms with E-state index in [4.69, 9.17) is 13.9 Å². The molecule has 0 fully saturated rings. The molecule has 7 nitrogen and oxygen atoms in total. The standard InChI is InChI=1S/C20H20N2O5/c1-25-17-9-13-7-8-21(11-14(13)10-18(17)26-2)19(23)12-22-15-5-3-4-6-16(15)27-20(22)24/h3-6,9-10H,7-8,11-12H2,1-2H3. The Morgan fingerprint density at radius 3 is 2.56 bits per heavy atom. The molecule has 4 rings (SSSR count). The number of amides is 1. The fraction of sp³-hybridized carbons (Fsp3) is 0.300. The lowest BCUT2D eigenvalue weighted by Gasteiger charge is -2.29. The van der Waals surface area contributed by atoms with Gasteiger partial charge in [0.1, 0.15) is 6.54 Å². The van der Waals surface area contributed by atoms with Crippen LogP contribution in [0, 0.1) is 0 Å². The van der Waals surface area contributed by atoms with Crippen molar-refractivity contribution in [2.45, 2.75) is 19.5 Å². The van der Waals surface area contributed by atoms with Gasteiger partial charge in [0.15, 0.2) is 17.1 Å². The van der Waals surface area contributed by atoms with Crippen molar-refractivity contribution in [2.24, 2.45) is 0 Å². The minimum absolute atomic E-state index is 0.0432. The fourth-order valence-electron chi connectivity index (χ4n) is 3.50. The van der Waals surface area contributed by atoms with E-state index in [2.05, 4.69) is 0 Å². The highest BCUT2D eigenvalue weighted by Gasteiger charge is 2.24. The number of carbonyl (C=O) groups is 1. The van der Waals surface area contributed by atoms with Gasteiger partial charge in [-0.3, -0.25) is 9.36 Å². The van der Waals surface area contributed by atoms with Crippen LogP contribution in [0.15, 0.2) is 45.6 Å². The molecule has 0 N–H and O–H groups in total. The lowest BCUT2D eigenvalue weighted by Crippen LogP contribution is -2.39. The molecule has 0 saturated carbocycles. The van der Waals surface area contributed by atoms with E-state index in [0.29, 0.717) is 35.7 Å². The molecule has 0 aliphatic carbocycles. The lowest BCUT2D eigenvalue weighted by atomic mass is 9.98. The predicted octanol–water partition coefficient (Wildman–Crippen LogP) is 2.20. The number of oxazole rings is 1. The third-order valence-electron chi connectivity index (χ3n) is 4.94. The first kappa shape index (κ1) is 17.2. The van der Waals surface area contributed by atoms with Gasteiger partial charge < -0.3 is 18.8 Å². The molecule has 0 atom stereocenters. The largest absolute Gasteiger partial charge is 0.493 e.